The lowest BCUT2D eigenvalue weighted by atomic mass is 10.1. The van der Waals surface area contributed by atoms with Crippen molar-refractivity contribution in [3.63, 3.8) is 0 Å². The number of para-hydroxylation sites is 2. The summed E-state index contributed by atoms with van der Waals surface area (Å²) in [7, 11) is 1.58. The molecule has 0 radical (unpaired) electrons. The van der Waals surface area contributed by atoms with Gasteiger partial charge in [-0.2, -0.15) is 0 Å². The van der Waals surface area contributed by atoms with E-state index in [1.807, 2.05) is 43.3 Å². The predicted octanol–water partition coefficient (Wildman–Crippen LogP) is 2.88. The standard InChI is InChI=1S/C19H20N6O2/c1-12-7-3-4-8-13(12)19(26)25-24-18-16(20)17(21-11-22-18)23-14-9-5-6-10-15(14)27-2/h3-11H,20H2,1-2H3,(H,25,26)(H2,21,22,23,24). The summed E-state index contributed by atoms with van der Waals surface area (Å²) in [4.78, 5) is 20.6. The zero-order chi connectivity index (χ0) is 19.2. The smallest absolute Gasteiger partial charge is 0.269 e. The number of methoxy groups -OCH3 is 1. The number of rotatable bonds is 6. The molecule has 0 saturated heterocycles. The summed E-state index contributed by atoms with van der Waals surface area (Å²) in [5.41, 5.74) is 13.9. The number of carbonyl (C=O) groups excluding carboxylic acids is 1. The molecule has 27 heavy (non-hydrogen) atoms. The second-order valence-electron chi connectivity index (χ2n) is 5.70. The molecule has 3 aromatic rings. The number of hydrogen-bond donors (Lipinski definition) is 4. The normalized spacial score (nSPS) is 10.1. The second-order valence-corrected chi connectivity index (χ2v) is 5.70. The molecule has 2 aromatic carbocycles. The molecule has 3 rings (SSSR count). The Morgan fingerprint density at radius 1 is 1.04 bits per heavy atom. The van der Waals surface area contributed by atoms with Crippen molar-refractivity contribution in [3.05, 3.63) is 66.0 Å². The van der Waals surface area contributed by atoms with Gasteiger partial charge in [-0.3, -0.25) is 15.6 Å². The minimum atomic E-state index is -0.287. The summed E-state index contributed by atoms with van der Waals surface area (Å²) in [6, 6.07) is 14.7. The van der Waals surface area contributed by atoms with Crippen molar-refractivity contribution in [2.24, 2.45) is 0 Å². The minimum absolute atomic E-state index is 0.258. The lowest BCUT2D eigenvalue weighted by Gasteiger charge is -2.15. The van der Waals surface area contributed by atoms with E-state index in [4.69, 9.17) is 10.5 Å². The summed E-state index contributed by atoms with van der Waals surface area (Å²) in [5.74, 6) is 1.04. The molecule has 8 nitrogen and oxygen atoms in total. The van der Waals surface area contributed by atoms with Crippen LogP contribution in [0.5, 0.6) is 5.75 Å². The van der Waals surface area contributed by atoms with Crippen LogP contribution < -0.4 is 26.6 Å². The number of benzene rings is 2. The van der Waals surface area contributed by atoms with Crippen molar-refractivity contribution in [1.29, 1.82) is 0 Å². The van der Waals surface area contributed by atoms with E-state index in [1.165, 1.54) is 6.33 Å². The second kappa shape index (κ2) is 8.05. The molecule has 1 aromatic heterocycles. The number of nitrogens with two attached hydrogens (primary N) is 1. The number of hydrogen-bond acceptors (Lipinski definition) is 7. The molecule has 1 heterocycles. The Morgan fingerprint density at radius 3 is 2.52 bits per heavy atom. The Hall–Kier alpha value is -3.81. The number of aromatic nitrogens is 2. The van der Waals surface area contributed by atoms with Crippen molar-refractivity contribution in [2.45, 2.75) is 6.92 Å². The van der Waals surface area contributed by atoms with Crippen LogP contribution in [-0.2, 0) is 0 Å². The SMILES string of the molecule is COc1ccccc1Nc1ncnc(NNC(=O)c2ccccc2C)c1N. The summed E-state index contributed by atoms with van der Waals surface area (Å²) in [6.07, 6.45) is 1.34. The van der Waals surface area contributed by atoms with E-state index in [1.54, 1.807) is 19.2 Å². The highest BCUT2D eigenvalue weighted by molar-refractivity contribution is 5.96. The molecule has 0 aliphatic rings. The molecule has 0 unspecified atom stereocenters. The molecule has 0 aliphatic carbocycles. The lowest BCUT2D eigenvalue weighted by molar-refractivity contribution is 0.0962. The van der Waals surface area contributed by atoms with Gasteiger partial charge in [-0.05, 0) is 30.7 Å². The average Bonchev–Trinajstić information content (AvgIpc) is 2.69. The van der Waals surface area contributed by atoms with Crippen LogP contribution in [0, 0.1) is 6.92 Å². The third kappa shape index (κ3) is 4.06. The Balaban J connectivity index is 1.75. The fourth-order valence-corrected chi connectivity index (χ4v) is 2.48. The van der Waals surface area contributed by atoms with Crippen LogP contribution >= 0.6 is 0 Å². The molecular formula is C19H20N6O2. The Labute approximate surface area is 156 Å². The number of carbonyl (C=O) groups is 1. The van der Waals surface area contributed by atoms with Gasteiger partial charge in [0.2, 0.25) is 0 Å². The van der Waals surface area contributed by atoms with E-state index >= 15 is 0 Å². The third-order valence-corrected chi connectivity index (χ3v) is 3.93. The van der Waals surface area contributed by atoms with E-state index in [-0.39, 0.29) is 17.4 Å². The number of amides is 1. The molecular weight excluding hydrogens is 344 g/mol. The van der Waals surface area contributed by atoms with Gasteiger partial charge in [0.15, 0.2) is 11.6 Å². The highest BCUT2D eigenvalue weighted by Crippen LogP contribution is 2.30. The van der Waals surface area contributed by atoms with Gasteiger partial charge < -0.3 is 15.8 Å². The first kappa shape index (κ1) is 18.0. The van der Waals surface area contributed by atoms with Crippen LogP contribution in [0.25, 0.3) is 0 Å². The maximum atomic E-state index is 12.3. The van der Waals surface area contributed by atoms with Gasteiger partial charge in [0, 0.05) is 5.56 Å². The minimum Gasteiger partial charge on any atom is -0.495 e. The molecule has 0 saturated carbocycles. The maximum absolute atomic E-state index is 12.3. The van der Waals surface area contributed by atoms with Crippen LogP contribution in [0.3, 0.4) is 0 Å². The van der Waals surface area contributed by atoms with Crippen LogP contribution in [0.2, 0.25) is 0 Å². The fraction of sp³-hybridized carbons (Fsp3) is 0.105. The molecule has 0 fully saturated rings. The first-order valence-corrected chi connectivity index (χ1v) is 8.22. The molecule has 1 amide bonds. The van der Waals surface area contributed by atoms with E-state index in [9.17, 15) is 4.79 Å². The highest BCUT2D eigenvalue weighted by Gasteiger charge is 2.12. The molecule has 0 bridgehead atoms. The topological polar surface area (TPSA) is 114 Å². The Kier molecular flexibility index (Phi) is 5.36. The van der Waals surface area contributed by atoms with Crippen LogP contribution in [-0.4, -0.2) is 23.0 Å². The quantitative estimate of drug-likeness (QED) is 0.497. The van der Waals surface area contributed by atoms with Crippen LogP contribution in [0.15, 0.2) is 54.9 Å². The van der Waals surface area contributed by atoms with Crippen LogP contribution in [0.4, 0.5) is 23.0 Å². The fourth-order valence-electron chi connectivity index (χ4n) is 2.48. The summed E-state index contributed by atoms with van der Waals surface area (Å²) in [5, 5.41) is 3.11. The maximum Gasteiger partial charge on any atom is 0.269 e. The lowest BCUT2D eigenvalue weighted by Crippen LogP contribution is -2.30. The highest BCUT2D eigenvalue weighted by atomic mass is 16.5. The van der Waals surface area contributed by atoms with Crippen molar-refractivity contribution in [3.8, 4) is 5.75 Å². The average molecular weight is 364 g/mol. The Morgan fingerprint density at radius 2 is 1.74 bits per heavy atom. The summed E-state index contributed by atoms with van der Waals surface area (Å²) < 4.78 is 5.31. The number of nitrogens with zero attached hydrogens (tertiary/aromatic N) is 2. The van der Waals surface area contributed by atoms with E-state index in [0.29, 0.717) is 22.8 Å². The number of anilines is 4. The summed E-state index contributed by atoms with van der Waals surface area (Å²) >= 11 is 0. The van der Waals surface area contributed by atoms with Gasteiger partial charge >= 0.3 is 0 Å². The molecule has 0 atom stereocenters. The molecule has 0 aliphatic heterocycles. The molecule has 0 spiro atoms. The number of nitrogen functional groups attached to an aromatic ring is 1. The van der Waals surface area contributed by atoms with Gasteiger partial charge in [-0.1, -0.05) is 30.3 Å². The van der Waals surface area contributed by atoms with Gasteiger partial charge in [0.1, 0.15) is 17.8 Å². The van der Waals surface area contributed by atoms with Gasteiger partial charge in [0.05, 0.1) is 12.8 Å². The monoisotopic (exact) mass is 364 g/mol. The Bertz CT molecular complexity index is 960. The molecule has 5 N–H and O–H groups in total. The first-order chi connectivity index (χ1) is 13.1. The van der Waals surface area contributed by atoms with E-state index < -0.39 is 0 Å². The zero-order valence-corrected chi connectivity index (χ0v) is 15.0. The predicted molar refractivity (Wildman–Crippen MR) is 105 cm³/mol. The van der Waals surface area contributed by atoms with Crippen molar-refractivity contribution >= 4 is 28.9 Å². The third-order valence-electron chi connectivity index (χ3n) is 3.93. The molecule has 138 valence electrons. The summed E-state index contributed by atoms with van der Waals surface area (Å²) in [6.45, 7) is 1.86. The number of nitrogens with one attached hydrogen (secondary N) is 3. The zero-order valence-electron chi connectivity index (χ0n) is 15.0. The number of ether oxygens (including phenoxy) is 1. The largest absolute Gasteiger partial charge is 0.495 e. The van der Waals surface area contributed by atoms with Crippen LogP contribution in [0.1, 0.15) is 15.9 Å². The van der Waals surface area contributed by atoms with Gasteiger partial charge in [-0.15, -0.1) is 0 Å². The first-order valence-electron chi connectivity index (χ1n) is 8.22. The van der Waals surface area contributed by atoms with Crippen molar-refractivity contribution in [2.75, 3.05) is 23.6 Å². The van der Waals surface area contributed by atoms with Gasteiger partial charge in [0.25, 0.3) is 5.91 Å². The van der Waals surface area contributed by atoms with E-state index in [2.05, 4.69) is 26.1 Å². The van der Waals surface area contributed by atoms with Gasteiger partial charge in [-0.25, -0.2) is 9.97 Å². The van der Waals surface area contributed by atoms with Crippen molar-refractivity contribution < 1.29 is 9.53 Å². The van der Waals surface area contributed by atoms with E-state index in [0.717, 1.165) is 5.56 Å². The van der Waals surface area contributed by atoms with Crippen molar-refractivity contribution in [1.82, 2.24) is 15.4 Å². The molecule has 8 heteroatoms. The number of hydrazine groups is 1. The number of aryl methyl sites for hydroxylation is 1.